The first-order chi connectivity index (χ1) is 15.6. The lowest BCUT2D eigenvalue weighted by molar-refractivity contribution is -0.203. The first-order valence-corrected chi connectivity index (χ1v) is 11.0. The van der Waals surface area contributed by atoms with E-state index in [9.17, 15) is 22.4 Å². The van der Waals surface area contributed by atoms with Gasteiger partial charge in [-0.2, -0.15) is 18.3 Å². The first-order valence-electron chi connectivity index (χ1n) is 11.0. The summed E-state index contributed by atoms with van der Waals surface area (Å²) in [4.78, 5) is 12.5. The van der Waals surface area contributed by atoms with Crippen LogP contribution in [0.1, 0.15) is 37.4 Å². The molecule has 0 N–H and O–H groups in total. The van der Waals surface area contributed by atoms with Gasteiger partial charge in [-0.3, -0.25) is 4.79 Å². The number of benzene rings is 1. The second kappa shape index (κ2) is 7.57. The van der Waals surface area contributed by atoms with Gasteiger partial charge in [-0.15, -0.1) is 0 Å². The lowest BCUT2D eigenvalue weighted by Crippen LogP contribution is -2.48. The third kappa shape index (κ3) is 3.42. The highest BCUT2D eigenvalue weighted by molar-refractivity contribution is 5.75. The standard InChI is InChI=1S/C25H24F4N2O2/c1-24-12-14-13-30-31(17-6-4-16(26)5-7-17)21(14)11-15(24)3-8-18-19(24)9-10-20(25(27,28)29)22(18)23(32)33-2/h4-7,9,11,13,18,20,22H,3,8,10,12H2,1-2H3/t18-,20+,22+,24-/m0/s1. The third-order valence-electron chi connectivity index (χ3n) is 7.63. The van der Waals surface area contributed by atoms with E-state index in [0.29, 0.717) is 19.3 Å². The molecular weight excluding hydrogens is 436 g/mol. The molecule has 1 saturated carbocycles. The van der Waals surface area contributed by atoms with Crippen molar-refractivity contribution in [3.05, 3.63) is 64.8 Å². The zero-order chi connectivity index (χ0) is 23.5. The fourth-order valence-corrected chi connectivity index (χ4v) is 6.03. The molecule has 4 nitrogen and oxygen atoms in total. The number of esters is 1. The van der Waals surface area contributed by atoms with Crippen molar-refractivity contribution >= 4 is 12.0 Å². The number of hydrogen-bond acceptors (Lipinski definition) is 3. The maximum atomic E-state index is 13.8. The lowest BCUT2D eigenvalue weighted by Gasteiger charge is -2.50. The van der Waals surface area contributed by atoms with Crippen LogP contribution in [0.2, 0.25) is 0 Å². The van der Waals surface area contributed by atoms with Crippen molar-refractivity contribution in [2.24, 2.45) is 23.2 Å². The summed E-state index contributed by atoms with van der Waals surface area (Å²) in [5.41, 5.74) is 4.16. The molecule has 33 heavy (non-hydrogen) atoms. The van der Waals surface area contributed by atoms with Gasteiger partial charge in [0.05, 0.1) is 36.5 Å². The monoisotopic (exact) mass is 460 g/mol. The lowest BCUT2D eigenvalue weighted by atomic mass is 9.54. The van der Waals surface area contributed by atoms with Gasteiger partial charge in [-0.25, -0.2) is 9.07 Å². The number of carbonyl (C=O) groups excluding carboxylic acids is 1. The van der Waals surface area contributed by atoms with E-state index in [-0.39, 0.29) is 12.2 Å². The smallest absolute Gasteiger partial charge is 0.392 e. The van der Waals surface area contributed by atoms with Crippen molar-refractivity contribution in [1.82, 2.24) is 9.78 Å². The Morgan fingerprint density at radius 1 is 1.24 bits per heavy atom. The quantitative estimate of drug-likeness (QED) is 0.330. The molecule has 0 amide bonds. The highest BCUT2D eigenvalue weighted by atomic mass is 19.4. The molecule has 0 aliphatic heterocycles. The molecule has 1 aromatic carbocycles. The molecule has 8 heteroatoms. The van der Waals surface area contributed by atoms with Crippen LogP contribution in [0.25, 0.3) is 11.8 Å². The Labute approximate surface area is 188 Å². The summed E-state index contributed by atoms with van der Waals surface area (Å²) in [5.74, 6) is -4.58. The number of carbonyl (C=O) groups is 1. The number of methoxy groups -OCH3 is 1. The molecule has 0 bridgehead atoms. The number of aromatic nitrogens is 2. The summed E-state index contributed by atoms with van der Waals surface area (Å²) >= 11 is 0. The molecule has 1 fully saturated rings. The Morgan fingerprint density at radius 2 is 1.97 bits per heavy atom. The summed E-state index contributed by atoms with van der Waals surface area (Å²) in [5, 5.41) is 4.50. The van der Waals surface area contributed by atoms with Gasteiger partial charge >= 0.3 is 12.1 Å². The molecule has 3 aliphatic rings. The number of fused-ring (bicyclic) bond motifs is 4. The zero-order valence-corrected chi connectivity index (χ0v) is 18.3. The van der Waals surface area contributed by atoms with E-state index in [0.717, 1.165) is 35.2 Å². The number of rotatable bonds is 2. The van der Waals surface area contributed by atoms with Gasteiger partial charge in [0.15, 0.2) is 0 Å². The molecular formula is C25H24F4N2O2. The highest BCUT2D eigenvalue weighted by Crippen LogP contribution is 2.58. The fraction of sp³-hybridized carbons (Fsp3) is 0.440. The zero-order valence-electron chi connectivity index (χ0n) is 18.3. The second-order valence-electron chi connectivity index (χ2n) is 9.36. The van der Waals surface area contributed by atoms with Crippen LogP contribution in [0, 0.1) is 29.0 Å². The average Bonchev–Trinajstić information content (AvgIpc) is 3.18. The van der Waals surface area contributed by atoms with E-state index in [1.165, 1.54) is 12.1 Å². The van der Waals surface area contributed by atoms with Crippen LogP contribution in [0.3, 0.4) is 0 Å². The van der Waals surface area contributed by atoms with E-state index in [1.54, 1.807) is 29.1 Å². The van der Waals surface area contributed by atoms with Gasteiger partial charge in [0, 0.05) is 5.41 Å². The molecule has 174 valence electrons. The minimum Gasteiger partial charge on any atom is -0.469 e. The second-order valence-corrected chi connectivity index (χ2v) is 9.36. The molecule has 1 aromatic heterocycles. The summed E-state index contributed by atoms with van der Waals surface area (Å²) in [7, 11) is 1.15. The molecule has 2 aromatic rings. The number of nitrogens with zero attached hydrogens (tertiary/aromatic N) is 2. The molecule has 0 spiro atoms. The minimum absolute atomic E-state index is 0.223. The van der Waals surface area contributed by atoms with E-state index in [1.807, 2.05) is 0 Å². The maximum absolute atomic E-state index is 13.8. The van der Waals surface area contributed by atoms with E-state index < -0.39 is 35.3 Å². The maximum Gasteiger partial charge on any atom is 0.392 e. The third-order valence-corrected chi connectivity index (χ3v) is 7.63. The molecule has 3 aliphatic carbocycles. The summed E-state index contributed by atoms with van der Waals surface area (Å²) in [6.45, 7) is 2.05. The van der Waals surface area contributed by atoms with Gasteiger partial charge < -0.3 is 4.74 Å². The van der Waals surface area contributed by atoms with Crippen LogP contribution in [-0.2, 0) is 16.0 Å². The van der Waals surface area contributed by atoms with Crippen molar-refractivity contribution < 1.29 is 27.1 Å². The average molecular weight is 460 g/mol. The Morgan fingerprint density at radius 3 is 2.64 bits per heavy atom. The van der Waals surface area contributed by atoms with Gasteiger partial charge in [-0.05, 0) is 67.5 Å². The Bertz CT molecular complexity index is 1160. The highest BCUT2D eigenvalue weighted by Gasteiger charge is 2.56. The number of ether oxygens (including phenoxy) is 1. The Hall–Kier alpha value is -2.90. The van der Waals surface area contributed by atoms with Gasteiger partial charge in [0.25, 0.3) is 0 Å². The van der Waals surface area contributed by atoms with Gasteiger partial charge in [0.1, 0.15) is 5.82 Å². The van der Waals surface area contributed by atoms with Crippen molar-refractivity contribution in [2.75, 3.05) is 7.11 Å². The molecule has 4 atom stereocenters. The van der Waals surface area contributed by atoms with Crippen molar-refractivity contribution in [1.29, 1.82) is 0 Å². The fourth-order valence-electron chi connectivity index (χ4n) is 6.03. The van der Waals surface area contributed by atoms with Crippen LogP contribution in [-0.4, -0.2) is 29.0 Å². The van der Waals surface area contributed by atoms with Crippen LogP contribution < -0.4 is 0 Å². The van der Waals surface area contributed by atoms with Gasteiger partial charge in [-0.1, -0.05) is 24.1 Å². The number of halogens is 4. The van der Waals surface area contributed by atoms with Crippen molar-refractivity contribution in [3.63, 3.8) is 0 Å². The van der Waals surface area contributed by atoms with Crippen LogP contribution in [0.4, 0.5) is 17.6 Å². The van der Waals surface area contributed by atoms with E-state index >= 15 is 0 Å². The van der Waals surface area contributed by atoms with Crippen LogP contribution >= 0.6 is 0 Å². The van der Waals surface area contributed by atoms with Crippen molar-refractivity contribution in [3.8, 4) is 5.69 Å². The van der Waals surface area contributed by atoms with E-state index in [2.05, 4.69) is 18.1 Å². The minimum atomic E-state index is -4.46. The largest absolute Gasteiger partial charge is 0.469 e. The Balaban J connectivity index is 1.55. The number of allylic oxidation sites excluding steroid dienone is 3. The van der Waals surface area contributed by atoms with Crippen molar-refractivity contribution in [2.45, 2.75) is 38.8 Å². The Kier molecular flexibility index (Phi) is 5.03. The molecule has 0 radical (unpaired) electrons. The first kappa shape index (κ1) is 21.9. The summed E-state index contributed by atoms with van der Waals surface area (Å²) in [6, 6.07) is 6.08. The van der Waals surface area contributed by atoms with Crippen LogP contribution in [0.5, 0.6) is 0 Å². The molecule has 0 unspecified atom stereocenters. The predicted molar refractivity (Wildman–Crippen MR) is 114 cm³/mol. The number of hydrogen-bond donors (Lipinski definition) is 0. The molecule has 1 heterocycles. The van der Waals surface area contributed by atoms with Crippen LogP contribution in [0.15, 0.2) is 47.7 Å². The molecule has 0 saturated heterocycles. The SMILES string of the molecule is COC(=O)[C@H]1[C@H](C(F)(F)F)CC=C2[C@@H]1CCC1=Cc3c(cnn3-c3ccc(F)cc3)C[C@@]12C. The molecule has 5 rings (SSSR count). The normalized spacial score (nSPS) is 28.7. The summed E-state index contributed by atoms with van der Waals surface area (Å²) in [6.07, 6.45) is 2.49. The number of alkyl halides is 3. The topological polar surface area (TPSA) is 44.1 Å². The summed E-state index contributed by atoms with van der Waals surface area (Å²) < 4.78 is 61.3. The predicted octanol–water partition coefficient (Wildman–Crippen LogP) is 5.67. The van der Waals surface area contributed by atoms with Gasteiger partial charge in [0.2, 0.25) is 0 Å². The van der Waals surface area contributed by atoms with E-state index in [4.69, 9.17) is 4.74 Å².